The van der Waals surface area contributed by atoms with E-state index < -0.39 is 0 Å². The van der Waals surface area contributed by atoms with E-state index in [1.807, 2.05) is 6.20 Å². The Morgan fingerprint density at radius 3 is 2.90 bits per heavy atom. The number of H-pyrrole nitrogens is 1. The van der Waals surface area contributed by atoms with Crippen LogP contribution in [0.4, 0.5) is 5.82 Å². The van der Waals surface area contributed by atoms with Gasteiger partial charge in [0.05, 0.1) is 0 Å². The van der Waals surface area contributed by atoms with E-state index in [9.17, 15) is 0 Å². The third-order valence-electron chi connectivity index (χ3n) is 1.57. The van der Waals surface area contributed by atoms with Gasteiger partial charge in [0.2, 0.25) is 0 Å². The minimum atomic E-state index is 0.980. The second-order valence-corrected chi connectivity index (χ2v) is 2.26. The van der Waals surface area contributed by atoms with Crippen LogP contribution in [0.2, 0.25) is 0 Å². The summed E-state index contributed by atoms with van der Waals surface area (Å²) < 4.78 is 0. The first-order valence-corrected chi connectivity index (χ1v) is 3.78. The molecule has 0 aliphatic heterocycles. The minimum Gasteiger partial charge on any atom is -0.372 e. The number of nitrogens with one attached hydrogen (secondary N) is 2. The van der Waals surface area contributed by atoms with Gasteiger partial charge in [-0.1, -0.05) is 6.92 Å². The summed E-state index contributed by atoms with van der Waals surface area (Å²) in [7, 11) is 0. The number of anilines is 1. The molecule has 2 N–H and O–H groups in total. The molecule has 0 saturated carbocycles. The normalized spacial score (nSPS) is 9.80. The highest BCUT2D eigenvalue weighted by atomic mass is 15.0. The molecule has 0 aliphatic rings. The fourth-order valence-electron chi connectivity index (χ4n) is 1.04. The van der Waals surface area contributed by atoms with Crippen LogP contribution in [-0.4, -0.2) is 11.5 Å². The first-order chi connectivity index (χ1) is 4.88. The fourth-order valence-corrected chi connectivity index (χ4v) is 1.04. The smallest absolute Gasteiger partial charge is 0.106 e. The van der Waals surface area contributed by atoms with Gasteiger partial charge in [0, 0.05) is 12.7 Å². The van der Waals surface area contributed by atoms with Crippen LogP contribution in [0, 0.1) is 0 Å². The quantitative estimate of drug-likeness (QED) is 0.657. The molecule has 0 spiro atoms. The van der Waals surface area contributed by atoms with Crippen molar-refractivity contribution in [2.45, 2.75) is 20.3 Å². The van der Waals surface area contributed by atoms with Crippen molar-refractivity contribution < 1.29 is 0 Å². The molecule has 0 aliphatic carbocycles. The Morgan fingerprint density at radius 1 is 1.50 bits per heavy atom. The van der Waals surface area contributed by atoms with Crippen LogP contribution >= 0.6 is 0 Å². The average Bonchev–Trinajstić information content (AvgIpc) is 2.36. The fraction of sp³-hybridized carbons (Fsp3) is 0.500. The van der Waals surface area contributed by atoms with E-state index >= 15 is 0 Å². The van der Waals surface area contributed by atoms with Gasteiger partial charge in [-0.15, -0.1) is 0 Å². The Morgan fingerprint density at radius 2 is 2.30 bits per heavy atom. The SMILES string of the molecule is CCNc1[nH]ccc1CC. The largest absolute Gasteiger partial charge is 0.372 e. The Bertz CT molecular complexity index is 191. The monoisotopic (exact) mass is 138 g/mol. The van der Waals surface area contributed by atoms with Crippen LogP contribution < -0.4 is 5.32 Å². The third-order valence-corrected chi connectivity index (χ3v) is 1.57. The average molecular weight is 138 g/mol. The number of hydrogen-bond acceptors (Lipinski definition) is 1. The van der Waals surface area contributed by atoms with Gasteiger partial charge in [-0.2, -0.15) is 0 Å². The molecule has 1 aromatic rings. The Balaban J connectivity index is 2.70. The van der Waals surface area contributed by atoms with Crippen LogP contribution in [0.1, 0.15) is 19.4 Å². The van der Waals surface area contributed by atoms with E-state index in [0.29, 0.717) is 0 Å². The number of aromatic amines is 1. The van der Waals surface area contributed by atoms with Crippen molar-refractivity contribution in [3.63, 3.8) is 0 Å². The molecule has 0 radical (unpaired) electrons. The maximum Gasteiger partial charge on any atom is 0.106 e. The van der Waals surface area contributed by atoms with E-state index in [1.165, 1.54) is 11.4 Å². The first-order valence-electron chi connectivity index (χ1n) is 3.78. The standard InChI is InChI=1S/C8H14N2/c1-3-7-5-6-10-8(7)9-4-2/h5-6,9-10H,3-4H2,1-2H3. The van der Waals surface area contributed by atoms with E-state index in [-0.39, 0.29) is 0 Å². The predicted octanol–water partition coefficient (Wildman–Crippen LogP) is 2.01. The van der Waals surface area contributed by atoms with E-state index in [2.05, 4.69) is 30.2 Å². The molecule has 1 heterocycles. The van der Waals surface area contributed by atoms with Gasteiger partial charge in [-0.05, 0) is 25.0 Å². The second kappa shape index (κ2) is 3.30. The molecule has 1 rings (SSSR count). The summed E-state index contributed by atoms with van der Waals surface area (Å²) in [4.78, 5) is 3.15. The molecule has 0 fully saturated rings. The molecule has 0 aromatic carbocycles. The number of aromatic nitrogens is 1. The number of aryl methyl sites for hydroxylation is 1. The highest BCUT2D eigenvalue weighted by molar-refractivity contribution is 5.44. The van der Waals surface area contributed by atoms with Crippen LogP contribution in [0.5, 0.6) is 0 Å². The van der Waals surface area contributed by atoms with Crippen LogP contribution in [0.25, 0.3) is 0 Å². The van der Waals surface area contributed by atoms with Crippen LogP contribution in [-0.2, 0) is 6.42 Å². The zero-order chi connectivity index (χ0) is 7.40. The number of hydrogen-bond donors (Lipinski definition) is 2. The van der Waals surface area contributed by atoms with Crippen molar-refractivity contribution in [2.75, 3.05) is 11.9 Å². The summed E-state index contributed by atoms with van der Waals surface area (Å²) in [6, 6.07) is 2.11. The zero-order valence-corrected chi connectivity index (χ0v) is 6.57. The zero-order valence-electron chi connectivity index (χ0n) is 6.57. The van der Waals surface area contributed by atoms with Crippen molar-refractivity contribution in [1.29, 1.82) is 0 Å². The molecule has 0 bridgehead atoms. The van der Waals surface area contributed by atoms with Gasteiger partial charge in [0.25, 0.3) is 0 Å². The molecule has 0 saturated heterocycles. The van der Waals surface area contributed by atoms with Crippen molar-refractivity contribution in [1.82, 2.24) is 4.98 Å². The summed E-state index contributed by atoms with van der Waals surface area (Å²) in [5.41, 5.74) is 1.36. The third kappa shape index (κ3) is 1.32. The minimum absolute atomic E-state index is 0.980. The molecule has 2 nitrogen and oxygen atoms in total. The maximum absolute atomic E-state index is 3.25. The van der Waals surface area contributed by atoms with Crippen molar-refractivity contribution >= 4 is 5.82 Å². The predicted molar refractivity (Wildman–Crippen MR) is 44.3 cm³/mol. The molecular formula is C8H14N2. The topological polar surface area (TPSA) is 27.8 Å². The van der Waals surface area contributed by atoms with Gasteiger partial charge < -0.3 is 10.3 Å². The van der Waals surface area contributed by atoms with Gasteiger partial charge in [-0.25, -0.2) is 0 Å². The summed E-state index contributed by atoms with van der Waals surface area (Å²) in [5.74, 6) is 1.17. The lowest BCUT2D eigenvalue weighted by molar-refractivity contribution is 1.11. The van der Waals surface area contributed by atoms with E-state index in [4.69, 9.17) is 0 Å². The molecule has 0 amide bonds. The highest BCUT2D eigenvalue weighted by Crippen LogP contribution is 2.11. The summed E-state index contributed by atoms with van der Waals surface area (Å²) >= 11 is 0. The van der Waals surface area contributed by atoms with Crippen LogP contribution in [0.3, 0.4) is 0 Å². The summed E-state index contributed by atoms with van der Waals surface area (Å²) in [5, 5.41) is 3.25. The lowest BCUT2D eigenvalue weighted by Gasteiger charge is -2.01. The maximum atomic E-state index is 3.25. The lowest BCUT2D eigenvalue weighted by atomic mass is 10.2. The highest BCUT2D eigenvalue weighted by Gasteiger charge is 1.97. The molecule has 1 aromatic heterocycles. The van der Waals surface area contributed by atoms with Gasteiger partial charge in [0.15, 0.2) is 0 Å². The first kappa shape index (κ1) is 7.19. The summed E-state index contributed by atoms with van der Waals surface area (Å²) in [6.45, 7) is 5.23. The van der Waals surface area contributed by atoms with Gasteiger partial charge in [0.1, 0.15) is 5.82 Å². The van der Waals surface area contributed by atoms with E-state index in [1.54, 1.807) is 0 Å². The van der Waals surface area contributed by atoms with Gasteiger partial charge >= 0.3 is 0 Å². The molecular weight excluding hydrogens is 124 g/mol. The van der Waals surface area contributed by atoms with Crippen molar-refractivity contribution in [2.24, 2.45) is 0 Å². The molecule has 2 heteroatoms. The Kier molecular flexibility index (Phi) is 2.37. The van der Waals surface area contributed by atoms with Gasteiger partial charge in [-0.3, -0.25) is 0 Å². The number of rotatable bonds is 3. The molecule has 0 atom stereocenters. The Labute approximate surface area is 61.7 Å². The molecule has 56 valence electrons. The van der Waals surface area contributed by atoms with E-state index in [0.717, 1.165) is 13.0 Å². The molecule has 0 unspecified atom stereocenters. The lowest BCUT2D eigenvalue weighted by Crippen LogP contribution is -1.98. The van der Waals surface area contributed by atoms with Crippen LogP contribution in [0.15, 0.2) is 12.3 Å². The van der Waals surface area contributed by atoms with Crippen molar-refractivity contribution in [3.05, 3.63) is 17.8 Å². The summed E-state index contributed by atoms with van der Waals surface area (Å²) in [6.07, 6.45) is 3.06. The van der Waals surface area contributed by atoms with Crippen molar-refractivity contribution in [3.8, 4) is 0 Å². The molecule has 10 heavy (non-hydrogen) atoms. The second-order valence-electron chi connectivity index (χ2n) is 2.26. The Hall–Kier alpha value is -0.920.